The number of esters is 1. The first-order chi connectivity index (χ1) is 14.9. The van der Waals surface area contributed by atoms with E-state index in [-0.39, 0.29) is 12.6 Å². The van der Waals surface area contributed by atoms with Crippen molar-refractivity contribution in [3.8, 4) is 11.5 Å². The van der Waals surface area contributed by atoms with Crippen LogP contribution in [0.1, 0.15) is 31.0 Å². The van der Waals surface area contributed by atoms with Crippen LogP contribution < -0.4 is 19.7 Å². The number of ether oxygens (including phenoxy) is 3. The molecule has 6 nitrogen and oxygen atoms in total. The van der Waals surface area contributed by atoms with Gasteiger partial charge in [-0.25, -0.2) is 0 Å². The molecular weight excluding hydrogens is 412 g/mol. The molecule has 2 heterocycles. The van der Waals surface area contributed by atoms with Crippen molar-refractivity contribution in [3.63, 3.8) is 0 Å². The van der Waals surface area contributed by atoms with E-state index in [1.165, 1.54) is 5.56 Å². The molecule has 2 aliphatic heterocycles. The fraction of sp³-hybridized carbons (Fsp3) is 0.333. The Morgan fingerprint density at radius 2 is 2.06 bits per heavy atom. The Bertz CT molecular complexity index is 1020. The smallest absolute Gasteiger partial charge is 0.317 e. The number of benzene rings is 2. The summed E-state index contributed by atoms with van der Waals surface area (Å²) in [5.74, 6) is 0.133. The van der Waals surface area contributed by atoms with Crippen molar-refractivity contribution in [2.24, 2.45) is 5.92 Å². The third kappa shape index (κ3) is 3.43. The summed E-state index contributed by atoms with van der Waals surface area (Å²) in [7, 11) is 1.60. The Hall–Kier alpha value is -3.06. The number of hydrogen-bond acceptors (Lipinski definition) is 5. The summed E-state index contributed by atoms with van der Waals surface area (Å²) < 4.78 is 17.6. The highest BCUT2D eigenvalue weighted by molar-refractivity contribution is 7.80. The highest BCUT2D eigenvalue weighted by atomic mass is 32.1. The maximum Gasteiger partial charge on any atom is 0.317 e. The molecule has 1 N–H and O–H groups in total. The Labute approximate surface area is 187 Å². The Morgan fingerprint density at radius 1 is 1.32 bits per heavy atom. The van der Waals surface area contributed by atoms with Crippen LogP contribution in [0.15, 0.2) is 55.1 Å². The summed E-state index contributed by atoms with van der Waals surface area (Å²) in [5, 5.41) is 3.84. The highest BCUT2D eigenvalue weighted by Crippen LogP contribution is 2.52. The van der Waals surface area contributed by atoms with Crippen LogP contribution in [0, 0.1) is 5.92 Å². The molecule has 4 rings (SSSR count). The van der Waals surface area contributed by atoms with Gasteiger partial charge in [-0.3, -0.25) is 9.69 Å². The molecule has 2 bridgehead atoms. The monoisotopic (exact) mass is 438 g/mol. The molecule has 2 aliphatic rings. The molecule has 162 valence electrons. The molecule has 3 unspecified atom stereocenters. The zero-order valence-corrected chi connectivity index (χ0v) is 18.7. The Kier molecular flexibility index (Phi) is 5.62. The lowest BCUT2D eigenvalue weighted by Gasteiger charge is -2.55. The SMILES string of the molecule is C=CCOC(=O)C1C2NC(=S)N(c3ccc(CC)cc3)C1(C)Oc1c(OC)cccc12. The number of aryl methyl sites for hydroxylation is 1. The number of carbonyl (C=O) groups is 1. The van der Waals surface area contributed by atoms with E-state index >= 15 is 0 Å². The summed E-state index contributed by atoms with van der Waals surface area (Å²) in [6.07, 6.45) is 2.48. The summed E-state index contributed by atoms with van der Waals surface area (Å²) in [5.41, 5.74) is 1.72. The lowest BCUT2D eigenvalue weighted by Crippen LogP contribution is -2.71. The van der Waals surface area contributed by atoms with E-state index < -0.39 is 17.7 Å². The van der Waals surface area contributed by atoms with Gasteiger partial charge >= 0.3 is 5.97 Å². The molecule has 1 fully saturated rings. The highest BCUT2D eigenvalue weighted by Gasteiger charge is 2.60. The zero-order chi connectivity index (χ0) is 22.2. The quantitative estimate of drug-likeness (QED) is 0.413. The van der Waals surface area contributed by atoms with Crippen LogP contribution in [-0.4, -0.2) is 30.5 Å². The molecule has 2 aromatic rings. The van der Waals surface area contributed by atoms with Crippen LogP contribution in [0.2, 0.25) is 0 Å². The average molecular weight is 439 g/mol. The summed E-state index contributed by atoms with van der Waals surface area (Å²) >= 11 is 5.75. The third-order valence-electron chi connectivity index (χ3n) is 5.91. The number of thiocarbonyl (C=S) groups is 1. The van der Waals surface area contributed by atoms with E-state index in [1.807, 2.05) is 42.2 Å². The largest absolute Gasteiger partial charge is 0.493 e. The number of para-hydroxylation sites is 1. The molecule has 0 saturated carbocycles. The van der Waals surface area contributed by atoms with Gasteiger partial charge in [0, 0.05) is 11.3 Å². The van der Waals surface area contributed by atoms with Gasteiger partial charge in [0.25, 0.3) is 0 Å². The Balaban J connectivity index is 1.87. The maximum absolute atomic E-state index is 13.2. The van der Waals surface area contributed by atoms with Gasteiger partial charge in [0.15, 0.2) is 16.6 Å². The number of fused-ring (bicyclic) bond motifs is 4. The molecule has 3 atom stereocenters. The summed E-state index contributed by atoms with van der Waals surface area (Å²) in [6.45, 7) is 7.74. The van der Waals surface area contributed by atoms with Crippen molar-refractivity contribution in [3.05, 3.63) is 66.2 Å². The fourth-order valence-corrected chi connectivity index (χ4v) is 4.81. The van der Waals surface area contributed by atoms with Crippen molar-refractivity contribution >= 4 is 29.0 Å². The van der Waals surface area contributed by atoms with Gasteiger partial charge in [-0.15, -0.1) is 0 Å². The van der Waals surface area contributed by atoms with Crippen LogP contribution in [0.25, 0.3) is 0 Å². The first kappa shape index (κ1) is 21.2. The second kappa shape index (κ2) is 8.23. The van der Waals surface area contributed by atoms with Crippen molar-refractivity contribution in [1.82, 2.24) is 5.32 Å². The van der Waals surface area contributed by atoms with Gasteiger partial charge in [-0.05, 0) is 49.3 Å². The number of methoxy groups -OCH3 is 1. The van der Waals surface area contributed by atoms with Crippen molar-refractivity contribution in [2.45, 2.75) is 32.0 Å². The molecule has 2 aromatic carbocycles. The second-order valence-corrected chi connectivity index (χ2v) is 8.10. The van der Waals surface area contributed by atoms with E-state index in [2.05, 4.69) is 31.0 Å². The van der Waals surface area contributed by atoms with Crippen LogP contribution >= 0.6 is 12.2 Å². The average Bonchev–Trinajstić information content (AvgIpc) is 2.77. The van der Waals surface area contributed by atoms with Crippen LogP contribution in [-0.2, 0) is 16.0 Å². The molecule has 0 aromatic heterocycles. The number of nitrogens with one attached hydrogen (secondary N) is 1. The van der Waals surface area contributed by atoms with Crippen molar-refractivity contribution < 1.29 is 19.0 Å². The normalized spacial score (nSPS) is 23.8. The molecule has 7 heteroatoms. The number of nitrogens with zero attached hydrogens (tertiary/aromatic N) is 1. The number of hydrogen-bond donors (Lipinski definition) is 1. The van der Waals surface area contributed by atoms with E-state index in [9.17, 15) is 4.79 Å². The lowest BCUT2D eigenvalue weighted by atomic mass is 9.79. The minimum atomic E-state index is -1.12. The van der Waals surface area contributed by atoms with Crippen molar-refractivity contribution in [2.75, 3.05) is 18.6 Å². The molecule has 0 radical (unpaired) electrons. The van der Waals surface area contributed by atoms with Crippen molar-refractivity contribution in [1.29, 1.82) is 0 Å². The van der Waals surface area contributed by atoms with E-state index in [4.69, 9.17) is 26.4 Å². The summed E-state index contributed by atoms with van der Waals surface area (Å²) in [4.78, 5) is 15.1. The first-order valence-electron chi connectivity index (χ1n) is 10.3. The van der Waals surface area contributed by atoms with Gasteiger partial charge in [-0.1, -0.05) is 43.8 Å². The molecule has 0 amide bonds. The predicted octanol–water partition coefficient (Wildman–Crippen LogP) is 4.15. The van der Waals surface area contributed by atoms with Crippen LogP contribution in [0.3, 0.4) is 0 Å². The number of carbonyl (C=O) groups excluding carboxylic acids is 1. The predicted molar refractivity (Wildman–Crippen MR) is 123 cm³/mol. The van der Waals surface area contributed by atoms with E-state index in [1.54, 1.807) is 13.2 Å². The van der Waals surface area contributed by atoms with Crippen LogP contribution in [0.4, 0.5) is 5.69 Å². The molecule has 0 spiro atoms. The standard InChI is InChI=1S/C24H26N2O4S/c1-5-14-29-22(27)19-20-17-8-7-9-18(28-4)21(17)30-24(19,3)26(23(31)25-20)16-12-10-15(6-2)11-13-16/h5,7-13,19-20H,1,6,14H2,2-4H3,(H,25,31). The number of rotatable bonds is 6. The van der Waals surface area contributed by atoms with Gasteiger partial charge in [0.1, 0.15) is 12.5 Å². The van der Waals surface area contributed by atoms with Gasteiger partial charge in [0.05, 0.1) is 13.2 Å². The van der Waals surface area contributed by atoms with Gasteiger partial charge in [-0.2, -0.15) is 0 Å². The first-order valence-corrected chi connectivity index (χ1v) is 10.7. The second-order valence-electron chi connectivity index (χ2n) is 7.71. The number of anilines is 1. The van der Waals surface area contributed by atoms with E-state index in [0.29, 0.717) is 16.6 Å². The minimum Gasteiger partial charge on any atom is -0.493 e. The molecule has 0 aliphatic carbocycles. The zero-order valence-electron chi connectivity index (χ0n) is 17.9. The molecular formula is C24H26N2O4S. The van der Waals surface area contributed by atoms with E-state index in [0.717, 1.165) is 17.7 Å². The molecule has 1 saturated heterocycles. The molecule has 31 heavy (non-hydrogen) atoms. The lowest BCUT2D eigenvalue weighted by molar-refractivity contribution is -0.159. The maximum atomic E-state index is 13.2. The summed E-state index contributed by atoms with van der Waals surface area (Å²) in [6, 6.07) is 13.3. The van der Waals surface area contributed by atoms with Crippen LogP contribution in [0.5, 0.6) is 11.5 Å². The topological polar surface area (TPSA) is 60.0 Å². The third-order valence-corrected chi connectivity index (χ3v) is 6.21. The Morgan fingerprint density at radius 3 is 2.71 bits per heavy atom. The van der Waals surface area contributed by atoms with Gasteiger partial charge < -0.3 is 19.5 Å². The minimum absolute atomic E-state index is 0.124. The fourth-order valence-electron chi connectivity index (χ4n) is 4.39. The van der Waals surface area contributed by atoms with Gasteiger partial charge in [0.2, 0.25) is 5.72 Å².